The molecule has 0 saturated carbocycles. The zero-order valence-electron chi connectivity index (χ0n) is 14.6. The number of hydrogen-bond acceptors (Lipinski definition) is 9. The van der Waals surface area contributed by atoms with Gasteiger partial charge in [-0.15, -0.1) is 5.11 Å². The van der Waals surface area contributed by atoms with Crippen LogP contribution in [0.1, 0.15) is 0 Å². The first-order chi connectivity index (χ1) is 13.9. The first kappa shape index (κ1) is 21.3. The molecule has 0 aliphatic rings. The van der Waals surface area contributed by atoms with Gasteiger partial charge in [0.2, 0.25) is 0 Å². The van der Waals surface area contributed by atoms with Gasteiger partial charge in [0.05, 0.1) is 10.6 Å². The molecule has 0 aliphatic heterocycles. The first-order valence-corrected chi connectivity index (χ1v) is 10.7. The Morgan fingerprint density at radius 2 is 1.47 bits per heavy atom. The molecule has 0 spiro atoms. The number of hydrogen-bond donors (Lipinski definition) is 3. The molecule has 0 fully saturated rings. The van der Waals surface area contributed by atoms with Crippen molar-refractivity contribution in [1.82, 2.24) is 0 Å². The number of fused-ring (bicyclic) bond motifs is 1. The molecular weight excluding hydrogens is 442 g/mol. The number of nitrogens with zero attached hydrogens (tertiary/aromatic N) is 3. The van der Waals surface area contributed by atoms with Gasteiger partial charge in [-0.05, 0) is 24.3 Å². The number of rotatable bonds is 5. The second kappa shape index (κ2) is 7.42. The zero-order chi connectivity index (χ0) is 22.3. The lowest BCUT2D eigenvalue weighted by Crippen LogP contribution is -2.03. The number of aromatic hydroxyl groups is 1. The smallest absolute Gasteiger partial charge is 0.295 e. The van der Waals surface area contributed by atoms with Gasteiger partial charge in [-0.3, -0.25) is 19.2 Å². The molecule has 3 aromatic carbocycles. The summed E-state index contributed by atoms with van der Waals surface area (Å²) in [6.45, 7) is 0. The number of phenolic OH excluding ortho intramolecular Hbond substituents is 1. The summed E-state index contributed by atoms with van der Waals surface area (Å²) in [6.07, 6.45) is 0. The lowest BCUT2D eigenvalue weighted by Gasteiger charge is -2.11. The highest BCUT2D eigenvalue weighted by Crippen LogP contribution is 2.42. The molecule has 30 heavy (non-hydrogen) atoms. The normalized spacial score (nSPS) is 12.5. The SMILES string of the molecule is O=[N+]([O-])c1ccc(N=Nc2cc(S(=O)(=O)O)c3cccc(S(=O)(=O)O)c3c2O)cc1. The van der Waals surface area contributed by atoms with E-state index in [9.17, 15) is 41.2 Å². The van der Waals surface area contributed by atoms with Gasteiger partial charge in [0.25, 0.3) is 25.9 Å². The summed E-state index contributed by atoms with van der Waals surface area (Å²) in [5.41, 5.74) is -0.657. The van der Waals surface area contributed by atoms with E-state index in [1.807, 2.05) is 0 Å². The summed E-state index contributed by atoms with van der Waals surface area (Å²) < 4.78 is 65.8. The highest BCUT2D eigenvalue weighted by atomic mass is 32.2. The van der Waals surface area contributed by atoms with Crippen LogP contribution in [0.3, 0.4) is 0 Å². The number of benzene rings is 3. The van der Waals surface area contributed by atoms with Crippen LogP contribution in [0.15, 0.2) is 68.6 Å². The lowest BCUT2D eigenvalue weighted by molar-refractivity contribution is -0.384. The molecule has 14 heteroatoms. The van der Waals surface area contributed by atoms with E-state index in [1.165, 1.54) is 12.1 Å². The van der Waals surface area contributed by atoms with E-state index in [1.54, 1.807) is 0 Å². The molecule has 0 saturated heterocycles. The van der Waals surface area contributed by atoms with E-state index in [-0.39, 0.29) is 16.8 Å². The maximum absolute atomic E-state index is 11.8. The fourth-order valence-corrected chi connectivity index (χ4v) is 4.06. The molecule has 3 aromatic rings. The minimum absolute atomic E-state index is 0.0940. The van der Waals surface area contributed by atoms with Crippen molar-refractivity contribution in [2.45, 2.75) is 9.79 Å². The van der Waals surface area contributed by atoms with Gasteiger partial charge in [-0.25, -0.2) is 0 Å². The van der Waals surface area contributed by atoms with Crippen LogP contribution in [0.4, 0.5) is 17.1 Å². The van der Waals surface area contributed by atoms with E-state index in [0.29, 0.717) is 0 Å². The van der Waals surface area contributed by atoms with E-state index in [0.717, 1.165) is 36.4 Å². The van der Waals surface area contributed by atoms with E-state index in [2.05, 4.69) is 10.2 Å². The number of nitro groups is 1. The third-order valence-electron chi connectivity index (χ3n) is 3.93. The van der Waals surface area contributed by atoms with Gasteiger partial charge in [0.1, 0.15) is 15.5 Å². The minimum Gasteiger partial charge on any atom is -0.505 e. The van der Waals surface area contributed by atoms with Gasteiger partial charge in [0, 0.05) is 22.9 Å². The van der Waals surface area contributed by atoms with Crippen LogP contribution in [0, 0.1) is 10.1 Å². The van der Waals surface area contributed by atoms with E-state index < -0.39 is 51.8 Å². The van der Waals surface area contributed by atoms with Crippen molar-refractivity contribution in [3.63, 3.8) is 0 Å². The van der Waals surface area contributed by atoms with Crippen LogP contribution in [-0.2, 0) is 20.2 Å². The van der Waals surface area contributed by atoms with Gasteiger partial charge in [-0.2, -0.15) is 21.9 Å². The number of azo groups is 1. The Kier molecular flexibility index (Phi) is 5.25. The Morgan fingerprint density at radius 1 is 0.867 bits per heavy atom. The van der Waals surface area contributed by atoms with Crippen molar-refractivity contribution in [1.29, 1.82) is 0 Å². The molecule has 0 aromatic heterocycles. The predicted octanol–water partition coefficient (Wildman–Crippen LogP) is 3.36. The highest BCUT2D eigenvalue weighted by molar-refractivity contribution is 7.86. The van der Waals surface area contributed by atoms with Crippen molar-refractivity contribution in [3.8, 4) is 5.75 Å². The molecule has 0 heterocycles. The Balaban J connectivity index is 2.27. The predicted molar refractivity (Wildman–Crippen MR) is 103 cm³/mol. The van der Waals surface area contributed by atoms with E-state index >= 15 is 0 Å². The molecule has 0 aliphatic carbocycles. The molecule has 0 amide bonds. The Bertz CT molecular complexity index is 1410. The third-order valence-corrected chi connectivity index (χ3v) is 5.72. The van der Waals surface area contributed by atoms with Gasteiger partial charge >= 0.3 is 0 Å². The topological polar surface area (TPSA) is 197 Å². The summed E-state index contributed by atoms with van der Waals surface area (Å²) in [5.74, 6) is -0.823. The third kappa shape index (κ3) is 4.11. The minimum atomic E-state index is -4.89. The molecule has 3 N–H and O–H groups in total. The van der Waals surface area contributed by atoms with Gasteiger partial charge < -0.3 is 5.11 Å². The van der Waals surface area contributed by atoms with Gasteiger partial charge in [-0.1, -0.05) is 12.1 Å². The maximum atomic E-state index is 11.8. The number of phenols is 1. The van der Waals surface area contributed by atoms with Crippen molar-refractivity contribution >= 4 is 48.1 Å². The van der Waals surface area contributed by atoms with Crippen molar-refractivity contribution in [2.24, 2.45) is 10.2 Å². The average Bonchev–Trinajstić information content (AvgIpc) is 2.65. The molecule has 156 valence electrons. The van der Waals surface area contributed by atoms with Crippen LogP contribution in [0.25, 0.3) is 10.8 Å². The lowest BCUT2D eigenvalue weighted by atomic mass is 10.1. The summed E-state index contributed by atoms with van der Waals surface area (Å²) >= 11 is 0. The second-order valence-corrected chi connectivity index (χ2v) is 8.62. The van der Waals surface area contributed by atoms with Crippen molar-refractivity contribution in [2.75, 3.05) is 0 Å². The van der Waals surface area contributed by atoms with Crippen molar-refractivity contribution in [3.05, 3.63) is 58.6 Å². The second-order valence-electron chi connectivity index (χ2n) is 5.84. The molecule has 3 rings (SSSR count). The number of non-ortho nitro benzene ring substituents is 1. The Morgan fingerprint density at radius 3 is 2.00 bits per heavy atom. The molecule has 12 nitrogen and oxygen atoms in total. The summed E-state index contributed by atoms with van der Waals surface area (Å²) in [5, 5.41) is 27.6. The summed E-state index contributed by atoms with van der Waals surface area (Å²) in [7, 11) is -9.78. The molecule has 0 unspecified atom stereocenters. The summed E-state index contributed by atoms with van der Waals surface area (Å²) in [6, 6.07) is 8.63. The highest BCUT2D eigenvalue weighted by Gasteiger charge is 2.25. The van der Waals surface area contributed by atoms with E-state index in [4.69, 9.17) is 0 Å². The van der Waals surface area contributed by atoms with Crippen molar-refractivity contribution < 1.29 is 36.0 Å². The van der Waals surface area contributed by atoms with Crippen LogP contribution >= 0.6 is 0 Å². The Labute approximate surface area is 168 Å². The Hall–Kier alpha value is -3.46. The van der Waals surface area contributed by atoms with Gasteiger partial charge in [0.15, 0.2) is 5.75 Å². The zero-order valence-corrected chi connectivity index (χ0v) is 16.2. The quantitative estimate of drug-likeness (QED) is 0.224. The van der Waals surface area contributed by atoms with Crippen LogP contribution in [0.2, 0.25) is 0 Å². The maximum Gasteiger partial charge on any atom is 0.295 e. The fourth-order valence-electron chi connectivity index (χ4n) is 2.64. The van der Waals surface area contributed by atoms with Crippen LogP contribution < -0.4 is 0 Å². The standard InChI is InChI=1S/C16H11N3O9S2/c20-16-12(18-17-9-4-6-10(7-5-9)19(21)22)8-14(30(26,27)28)11-2-1-3-13(15(11)16)29(23,24)25/h1-8,20H,(H,23,24,25)(H,26,27,28). The largest absolute Gasteiger partial charge is 0.505 e. The molecule has 0 atom stereocenters. The number of nitro benzene ring substituents is 1. The molecule has 0 radical (unpaired) electrons. The van der Waals surface area contributed by atoms with Crippen LogP contribution in [0.5, 0.6) is 5.75 Å². The average molecular weight is 453 g/mol. The fraction of sp³-hybridized carbons (Fsp3) is 0. The summed E-state index contributed by atoms with van der Waals surface area (Å²) in [4.78, 5) is 8.45. The monoisotopic (exact) mass is 453 g/mol. The first-order valence-electron chi connectivity index (χ1n) is 7.79. The molecule has 0 bridgehead atoms. The molecular formula is C16H11N3O9S2. The van der Waals surface area contributed by atoms with Crippen LogP contribution in [-0.4, -0.2) is 36.0 Å².